The van der Waals surface area contributed by atoms with Crippen molar-refractivity contribution in [2.75, 3.05) is 20.3 Å². The number of benzene rings is 2. The van der Waals surface area contributed by atoms with Gasteiger partial charge in [-0.2, -0.15) is 0 Å². The van der Waals surface area contributed by atoms with E-state index in [1.165, 1.54) is 0 Å². The maximum atomic E-state index is 9.36. The minimum atomic E-state index is -1.57. The van der Waals surface area contributed by atoms with Gasteiger partial charge < -0.3 is 24.3 Å². The first kappa shape index (κ1) is 17.6. The van der Waals surface area contributed by atoms with Crippen LogP contribution in [0.1, 0.15) is 5.56 Å². The second-order valence-corrected chi connectivity index (χ2v) is 5.25. The highest BCUT2D eigenvalue weighted by Crippen LogP contribution is 2.19. The molecule has 0 aliphatic heterocycles. The Kier molecular flexibility index (Phi) is 6.74. The van der Waals surface area contributed by atoms with E-state index in [4.69, 9.17) is 25.8 Å². The van der Waals surface area contributed by atoms with Gasteiger partial charge in [0.2, 0.25) is 0 Å². The first-order valence-corrected chi connectivity index (χ1v) is 7.47. The van der Waals surface area contributed by atoms with Gasteiger partial charge in [-0.25, -0.2) is 0 Å². The highest BCUT2D eigenvalue weighted by molar-refractivity contribution is 6.59. The number of methoxy groups -OCH3 is 1. The molecule has 0 aromatic heterocycles. The van der Waals surface area contributed by atoms with Gasteiger partial charge in [0.25, 0.3) is 0 Å². The molecule has 0 aliphatic carbocycles. The number of halogens is 1. The third kappa shape index (κ3) is 5.44. The Labute approximate surface area is 140 Å². The minimum absolute atomic E-state index is 0.178. The Hall–Kier alpha value is -1.73. The number of ether oxygens (including phenoxy) is 3. The zero-order valence-electron chi connectivity index (χ0n) is 12.7. The summed E-state index contributed by atoms with van der Waals surface area (Å²) in [4.78, 5) is 0. The van der Waals surface area contributed by atoms with Crippen molar-refractivity contribution in [3.63, 3.8) is 0 Å². The maximum absolute atomic E-state index is 9.36. The Morgan fingerprint density at radius 2 is 1.61 bits per heavy atom. The van der Waals surface area contributed by atoms with E-state index in [0.29, 0.717) is 35.0 Å². The summed E-state index contributed by atoms with van der Waals surface area (Å²) in [7, 11) is 0.0516. The average molecular weight is 337 g/mol. The smallest absolute Gasteiger partial charge is 0.488 e. The molecule has 0 saturated heterocycles. The van der Waals surface area contributed by atoms with Crippen LogP contribution in [0.25, 0.3) is 0 Å². The molecule has 122 valence electrons. The van der Waals surface area contributed by atoms with Crippen molar-refractivity contribution in [1.29, 1.82) is 0 Å². The predicted molar refractivity (Wildman–Crippen MR) is 89.4 cm³/mol. The highest BCUT2D eigenvalue weighted by atomic mass is 35.5. The van der Waals surface area contributed by atoms with Crippen molar-refractivity contribution in [2.45, 2.75) is 6.61 Å². The minimum Gasteiger partial charge on any atom is -0.491 e. The van der Waals surface area contributed by atoms with E-state index >= 15 is 0 Å². The fraction of sp³-hybridized carbons (Fsp3) is 0.250. The second-order valence-electron chi connectivity index (χ2n) is 4.82. The maximum Gasteiger partial charge on any atom is 0.488 e. The van der Waals surface area contributed by atoms with Crippen molar-refractivity contribution in [1.82, 2.24) is 0 Å². The summed E-state index contributed by atoms with van der Waals surface area (Å²) in [6.45, 7) is 1.19. The Bertz CT molecular complexity index is 618. The molecule has 0 bridgehead atoms. The van der Waals surface area contributed by atoms with Crippen LogP contribution in [-0.4, -0.2) is 37.5 Å². The summed E-state index contributed by atoms with van der Waals surface area (Å²) >= 11 is 5.94. The molecule has 0 radical (unpaired) electrons. The van der Waals surface area contributed by atoms with E-state index in [9.17, 15) is 10.0 Å². The Balaban J connectivity index is 1.97. The third-order valence-corrected chi connectivity index (χ3v) is 3.39. The molecular formula is C16H18BClO5. The monoisotopic (exact) mass is 336 g/mol. The van der Waals surface area contributed by atoms with Crippen LogP contribution in [0.4, 0.5) is 0 Å². The molecule has 0 unspecified atom stereocenters. The van der Waals surface area contributed by atoms with Crippen LogP contribution in [0, 0.1) is 0 Å². The Morgan fingerprint density at radius 1 is 0.957 bits per heavy atom. The van der Waals surface area contributed by atoms with E-state index < -0.39 is 7.12 Å². The molecule has 5 nitrogen and oxygen atoms in total. The van der Waals surface area contributed by atoms with Gasteiger partial charge in [0, 0.05) is 12.1 Å². The number of hydrogen-bond acceptors (Lipinski definition) is 5. The van der Waals surface area contributed by atoms with Gasteiger partial charge in [-0.1, -0.05) is 17.7 Å². The summed E-state index contributed by atoms with van der Waals surface area (Å²) in [5.74, 6) is 1.37. The summed E-state index contributed by atoms with van der Waals surface area (Å²) < 4.78 is 16.0. The van der Waals surface area contributed by atoms with E-state index in [0.717, 1.165) is 5.75 Å². The molecule has 0 spiro atoms. The van der Waals surface area contributed by atoms with Gasteiger partial charge in [0.1, 0.15) is 24.7 Å². The lowest BCUT2D eigenvalue weighted by atomic mass is 9.77. The quantitative estimate of drug-likeness (QED) is 0.566. The molecule has 0 fully saturated rings. The summed E-state index contributed by atoms with van der Waals surface area (Å²) in [6, 6.07) is 12.0. The van der Waals surface area contributed by atoms with E-state index in [1.807, 2.05) is 0 Å². The van der Waals surface area contributed by atoms with Crippen molar-refractivity contribution >= 4 is 24.2 Å². The molecule has 2 N–H and O–H groups in total. The predicted octanol–water partition coefficient (Wildman–Crippen LogP) is 1.62. The Morgan fingerprint density at radius 3 is 2.22 bits per heavy atom. The molecule has 7 heteroatoms. The van der Waals surface area contributed by atoms with Gasteiger partial charge in [-0.3, -0.25) is 0 Å². The normalized spacial score (nSPS) is 10.4. The zero-order chi connectivity index (χ0) is 16.7. The molecule has 2 rings (SSSR count). The molecule has 0 amide bonds. The van der Waals surface area contributed by atoms with Crippen LogP contribution < -0.4 is 14.9 Å². The van der Waals surface area contributed by atoms with E-state index in [2.05, 4.69) is 0 Å². The third-order valence-electron chi connectivity index (χ3n) is 3.16. The molecular weight excluding hydrogens is 318 g/mol. The van der Waals surface area contributed by atoms with Crippen LogP contribution >= 0.6 is 11.6 Å². The van der Waals surface area contributed by atoms with Gasteiger partial charge >= 0.3 is 7.12 Å². The lowest BCUT2D eigenvalue weighted by Crippen LogP contribution is -2.33. The SMILES string of the molecule is COCCOc1ccc(OCc2cc(Cl)ccc2B(O)O)cc1. The highest BCUT2D eigenvalue weighted by Gasteiger charge is 2.16. The van der Waals surface area contributed by atoms with Gasteiger partial charge in [-0.15, -0.1) is 0 Å². The van der Waals surface area contributed by atoms with Crippen molar-refractivity contribution in [3.05, 3.63) is 53.1 Å². The zero-order valence-corrected chi connectivity index (χ0v) is 13.5. The average Bonchev–Trinajstić information content (AvgIpc) is 2.54. The van der Waals surface area contributed by atoms with Crippen LogP contribution in [0.5, 0.6) is 11.5 Å². The van der Waals surface area contributed by atoms with Gasteiger partial charge in [0.05, 0.1) is 6.61 Å². The van der Waals surface area contributed by atoms with Crippen LogP contribution in [0.15, 0.2) is 42.5 Å². The number of hydrogen-bond donors (Lipinski definition) is 2. The van der Waals surface area contributed by atoms with Gasteiger partial charge in [-0.05, 0) is 47.4 Å². The molecule has 0 heterocycles. The fourth-order valence-corrected chi connectivity index (χ4v) is 2.18. The van der Waals surface area contributed by atoms with Crippen molar-refractivity contribution < 1.29 is 24.3 Å². The van der Waals surface area contributed by atoms with Crippen molar-refractivity contribution in [3.8, 4) is 11.5 Å². The summed E-state index contributed by atoms with van der Waals surface area (Å²) in [5.41, 5.74) is 0.988. The fourth-order valence-electron chi connectivity index (χ4n) is 1.99. The van der Waals surface area contributed by atoms with Crippen LogP contribution in [0.2, 0.25) is 5.02 Å². The molecule has 2 aromatic carbocycles. The van der Waals surface area contributed by atoms with E-state index in [-0.39, 0.29) is 6.61 Å². The largest absolute Gasteiger partial charge is 0.491 e. The van der Waals surface area contributed by atoms with Crippen molar-refractivity contribution in [2.24, 2.45) is 0 Å². The second kappa shape index (κ2) is 8.79. The lowest BCUT2D eigenvalue weighted by Gasteiger charge is -2.12. The molecule has 0 aliphatic rings. The number of rotatable bonds is 8. The van der Waals surface area contributed by atoms with E-state index in [1.54, 1.807) is 49.6 Å². The molecule has 23 heavy (non-hydrogen) atoms. The molecule has 0 saturated carbocycles. The standard InChI is InChI=1S/C16H18BClO5/c1-21-8-9-22-14-3-5-15(6-4-14)23-11-12-10-13(18)2-7-16(12)17(19)20/h2-7,10,19-20H,8-9,11H2,1H3. The van der Waals surface area contributed by atoms with Crippen LogP contribution in [0.3, 0.4) is 0 Å². The van der Waals surface area contributed by atoms with Gasteiger partial charge in [0.15, 0.2) is 0 Å². The first-order chi connectivity index (χ1) is 11.1. The molecule has 2 aromatic rings. The van der Waals surface area contributed by atoms with Crippen LogP contribution in [-0.2, 0) is 11.3 Å². The lowest BCUT2D eigenvalue weighted by molar-refractivity contribution is 0.146. The summed E-state index contributed by atoms with van der Waals surface area (Å²) in [5, 5.41) is 19.2. The first-order valence-electron chi connectivity index (χ1n) is 7.09. The molecule has 0 atom stereocenters. The topological polar surface area (TPSA) is 68.2 Å². The summed E-state index contributed by atoms with van der Waals surface area (Å²) in [6.07, 6.45) is 0.